The molecule has 0 aliphatic rings. The van der Waals surface area contributed by atoms with Gasteiger partial charge in [-0.05, 0) is 49.2 Å². The molecule has 0 unspecified atom stereocenters. The van der Waals surface area contributed by atoms with E-state index in [2.05, 4.69) is 20.4 Å². The maximum absolute atomic E-state index is 12.6. The molecule has 0 saturated heterocycles. The lowest BCUT2D eigenvalue weighted by atomic mass is 10.1. The van der Waals surface area contributed by atoms with Gasteiger partial charge >= 0.3 is 0 Å². The Kier molecular flexibility index (Phi) is 6.55. The lowest BCUT2D eigenvalue weighted by molar-refractivity contribution is -0.113. The van der Waals surface area contributed by atoms with E-state index in [1.165, 1.54) is 22.3 Å². The summed E-state index contributed by atoms with van der Waals surface area (Å²) >= 11 is 1.23. The fraction of sp³-hybridized carbons (Fsp3) is 0.217. The number of amides is 1. The van der Waals surface area contributed by atoms with Crippen molar-refractivity contribution in [2.75, 3.05) is 17.7 Å². The molecule has 2 N–H and O–H groups in total. The Balaban J connectivity index is 1.57. The van der Waals surface area contributed by atoms with Gasteiger partial charge in [0.15, 0.2) is 16.6 Å². The predicted octanol–water partition coefficient (Wildman–Crippen LogP) is 3.78. The van der Waals surface area contributed by atoms with Crippen LogP contribution in [0.3, 0.4) is 0 Å². The molecule has 0 fully saturated rings. The number of carbonyl (C=O) groups is 1. The number of aromatic nitrogens is 4. The summed E-state index contributed by atoms with van der Waals surface area (Å²) in [6.07, 6.45) is 0.826. The van der Waals surface area contributed by atoms with Gasteiger partial charge in [-0.15, -0.1) is 0 Å². The smallest absolute Gasteiger partial charge is 0.266 e. The molecule has 9 heteroatoms. The highest BCUT2D eigenvalue weighted by Gasteiger charge is 2.14. The normalized spacial score (nSPS) is 10.9. The van der Waals surface area contributed by atoms with Crippen molar-refractivity contribution in [2.24, 2.45) is 0 Å². The van der Waals surface area contributed by atoms with E-state index in [-0.39, 0.29) is 17.2 Å². The number of nitrogens with zero attached hydrogens (tertiary/aromatic N) is 3. The third-order valence-electron chi connectivity index (χ3n) is 4.75. The highest BCUT2D eigenvalue weighted by Crippen LogP contribution is 2.24. The zero-order chi connectivity index (χ0) is 22.5. The van der Waals surface area contributed by atoms with Gasteiger partial charge in [-0.3, -0.25) is 14.7 Å². The molecule has 0 saturated carbocycles. The maximum Gasteiger partial charge on any atom is 0.266 e. The Morgan fingerprint density at radius 2 is 1.91 bits per heavy atom. The minimum Gasteiger partial charge on any atom is -0.494 e. The molecule has 2 aromatic carbocycles. The van der Waals surface area contributed by atoms with Crippen LogP contribution in [0.2, 0.25) is 0 Å². The van der Waals surface area contributed by atoms with E-state index in [1.54, 1.807) is 0 Å². The quantitative estimate of drug-likeness (QED) is 0.397. The van der Waals surface area contributed by atoms with E-state index in [9.17, 15) is 9.59 Å². The molecule has 0 bridgehead atoms. The van der Waals surface area contributed by atoms with Crippen LogP contribution in [0, 0.1) is 0 Å². The fourth-order valence-electron chi connectivity index (χ4n) is 3.24. The van der Waals surface area contributed by atoms with Crippen LogP contribution in [0.4, 0.5) is 5.69 Å². The van der Waals surface area contributed by atoms with Crippen LogP contribution in [-0.2, 0) is 11.2 Å². The number of nitrogens with one attached hydrogen (secondary N) is 2. The third kappa shape index (κ3) is 4.83. The highest BCUT2D eigenvalue weighted by atomic mass is 32.2. The fourth-order valence-corrected chi connectivity index (χ4v) is 4.00. The Labute approximate surface area is 189 Å². The number of hydrogen-bond donors (Lipinski definition) is 2. The summed E-state index contributed by atoms with van der Waals surface area (Å²) in [4.78, 5) is 33.6. The lowest BCUT2D eigenvalue weighted by Crippen LogP contribution is -2.16. The summed E-state index contributed by atoms with van der Waals surface area (Å²) in [5.74, 6) is 1.20. The topological polar surface area (TPSA) is 101 Å². The van der Waals surface area contributed by atoms with Crippen molar-refractivity contribution in [1.29, 1.82) is 0 Å². The molecule has 0 spiro atoms. The number of aromatic amines is 1. The second-order valence-corrected chi connectivity index (χ2v) is 7.89. The summed E-state index contributed by atoms with van der Waals surface area (Å²) in [5.41, 5.74) is 2.81. The van der Waals surface area contributed by atoms with Crippen molar-refractivity contribution in [1.82, 2.24) is 19.6 Å². The number of rotatable bonds is 8. The molecule has 8 nitrogen and oxygen atoms in total. The third-order valence-corrected chi connectivity index (χ3v) is 5.69. The van der Waals surface area contributed by atoms with Crippen LogP contribution >= 0.6 is 11.8 Å². The Morgan fingerprint density at radius 1 is 1.12 bits per heavy atom. The van der Waals surface area contributed by atoms with Crippen LogP contribution < -0.4 is 15.6 Å². The van der Waals surface area contributed by atoms with Crippen molar-refractivity contribution in [3.63, 3.8) is 0 Å². The number of thioether (sulfide) groups is 1. The van der Waals surface area contributed by atoms with Crippen LogP contribution in [0.15, 0.2) is 64.5 Å². The minimum absolute atomic E-state index is 0.132. The van der Waals surface area contributed by atoms with Gasteiger partial charge in [0.25, 0.3) is 5.56 Å². The molecule has 4 aromatic rings. The number of H-pyrrole nitrogens is 1. The van der Waals surface area contributed by atoms with Crippen LogP contribution in [0.5, 0.6) is 5.75 Å². The minimum atomic E-state index is -0.286. The molecular formula is C23H23N5O3S. The molecule has 2 heterocycles. The van der Waals surface area contributed by atoms with Crippen LogP contribution in [0.1, 0.15) is 19.4 Å². The van der Waals surface area contributed by atoms with Crippen LogP contribution in [0.25, 0.3) is 17.0 Å². The molecular weight excluding hydrogens is 426 g/mol. The summed E-state index contributed by atoms with van der Waals surface area (Å²) in [6, 6.07) is 16.6. The van der Waals surface area contributed by atoms with Crippen LogP contribution in [-0.4, -0.2) is 37.8 Å². The number of carbonyl (C=O) groups excluding carboxylic acids is 1. The summed E-state index contributed by atoms with van der Waals surface area (Å²) in [5, 5.41) is 6.11. The van der Waals surface area contributed by atoms with Gasteiger partial charge < -0.3 is 10.1 Å². The van der Waals surface area contributed by atoms with Gasteiger partial charge in [-0.2, -0.15) is 0 Å². The summed E-state index contributed by atoms with van der Waals surface area (Å²) in [7, 11) is 0. The average molecular weight is 450 g/mol. The largest absolute Gasteiger partial charge is 0.494 e. The van der Waals surface area contributed by atoms with E-state index >= 15 is 0 Å². The zero-order valence-corrected chi connectivity index (χ0v) is 18.6. The van der Waals surface area contributed by atoms with Gasteiger partial charge in [-0.25, -0.2) is 14.5 Å². The summed E-state index contributed by atoms with van der Waals surface area (Å²) in [6.45, 7) is 4.55. The number of hydrogen-bond acceptors (Lipinski definition) is 6. The molecule has 0 atom stereocenters. The van der Waals surface area contributed by atoms with Gasteiger partial charge in [0, 0.05) is 17.3 Å². The second-order valence-electron chi connectivity index (χ2n) is 6.95. The number of fused-ring (bicyclic) bond motifs is 1. The SMILES string of the molecule is CCOc1ccc(-c2nc(SCC(=O)Nc3ccccc3CC)n3[nH]c(=O)cc3n2)cc1. The number of anilines is 1. The molecule has 32 heavy (non-hydrogen) atoms. The van der Waals surface area contributed by atoms with Gasteiger partial charge in [-0.1, -0.05) is 36.9 Å². The Hall–Kier alpha value is -3.59. The molecule has 164 valence electrons. The van der Waals surface area contributed by atoms with E-state index in [0.29, 0.717) is 23.2 Å². The van der Waals surface area contributed by atoms with Crippen molar-refractivity contribution < 1.29 is 9.53 Å². The molecule has 4 rings (SSSR count). The molecule has 0 aliphatic carbocycles. The van der Waals surface area contributed by atoms with Crippen molar-refractivity contribution >= 4 is 29.0 Å². The maximum atomic E-state index is 12.6. The number of para-hydroxylation sites is 1. The molecule has 1 amide bonds. The first-order valence-corrected chi connectivity index (χ1v) is 11.3. The highest BCUT2D eigenvalue weighted by molar-refractivity contribution is 7.99. The first-order chi connectivity index (χ1) is 15.6. The van der Waals surface area contributed by atoms with Crippen molar-refractivity contribution in [3.8, 4) is 17.1 Å². The van der Waals surface area contributed by atoms with E-state index in [1.807, 2.05) is 62.4 Å². The number of aryl methyl sites for hydroxylation is 1. The van der Waals surface area contributed by atoms with Gasteiger partial charge in [0.05, 0.1) is 12.4 Å². The van der Waals surface area contributed by atoms with Gasteiger partial charge in [0.1, 0.15) is 5.75 Å². The lowest BCUT2D eigenvalue weighted by Gasteiger charge is -2.10. The average Bonchev–Trinajstić information content (AvgIpc) is 3.18. The first-order valence-electron chi connectivity index (χ1n) is 10.3. The number of ether oxygens (including phenoxy) is 1. The molecule has 0 radical (unpaired) electrons. The van der Waals surface area contributed by atoms with Gasteiger partial charge in [0.2, 0.25) is 5.91 Å². The summed E-state index contributed by atoms with van der Waals surface area (Å²) < 4.78 is 6.98. The Morgan fingerprint density at radius 3 is 2.66 bits per heavy atom. The second kappa shape index (κ2) is 9.69. The predicted molar refractivity (Wildman–Crippen MR) is 125 cm³/mol. The standard InChI is InChI=1S/C23H23N5O3S/c1-3-15-7-5-6-8-18(15)24-21(30)14-32-23-26-22(25-19-13-20(29)27-28(19)23)16-9-11-17(12-10-16)31-4-2/h5-13H,3-4,14H2,1-2H3,(H,24,30)(H,27,29). The first kappa shape index (κ1) is 21.6. The van der Waals surface area contributed by atoms with E-state index in [4.69, 9.17) is 4.74 Å². The number of benzene rings is 2. The monoisotopic (exact) mass is 449 g/mol. The van der Waals surface area contributed by atoms with E-state index < -0.39 is 0 Å². The van der Waals surface area contributed by atoms with Crippen molar-refractivity contribution in [3.05, 3.63) is 70.5 Å². The molecule has 0 aliphatic heterocycles. The van der Waals surface area contributed by atoms with Crippen molar-refractivity contribution in [2.45, 2.75) is 25.4 Å². The zero-order valence-electron chi connectivity index (χ0n) is 17.8. The Bertz CT molecular complexity index is 1300. The molecule has 2 aromatic heterocycles. The van der Waals surface area contributed by atoms with E-state index in [0.717, 1.165) is 29.0 Å².